The summed E-state index contributed by atoms with van der Waals surface area (Å²) in [5.41, 5.74) is 13.5. The lowest BCUT2D eigenvalue weighted by molar-refractivity contribution is 0.952. The van der Waals surface area contributed by atoms with Gasteiger partial charge >= 0.3 is 0 Å². The second-order valence-electron chi connectivity index (χ2n) is 10.00. The highest BCUT2D eigenvalue weighted by molar-refractivity contribution is 5.94. The van der Waals surface area contributed by atoms with E-state index in [4.69, 9.17) is 0 Å². The summed E-state index contributed by atoms with van der Waals surface area (Å²) in [4.78, 5) is 0. The first-order valence-corrected chi connectivity index (χ1v) is 14.8. The summed E-state index contributed by atoms with van der Waals surface area (Å²) in [5.74, 6) is 0. The van der Waals surface area contributed by atoms with Crippen molar-refractivity contribution in [1.29, 1.82) is 0 Å². The van der Waals surface area contributed by atoms with E-state index in [0.717, 1.165) is 25.7 Å². The average molecular weight is 523 g/mol. The third-order valence-electron chi connectivity index (χ3n) is 7.55. The van der Waals surface area contributed by atoms with Crippen LogP contribution >= 0.6 is 0 Å². The third-order valence-corrected chi connectivity index (χ3v) is 7.55. The first-order valence-electron chi connectivity index (χ1n) is 14.8. The molecular weight excluding hydrogens is 480 g/mol. The van der Waals surface area contributed by atoms with Gasteiger partial charge in [-0.1, -0.05) is 149 Å². The van der Waals surface area contributed by atoms with Crippen LogP contribution in [0.5, 0.6) is 0 Å². The molecule has 0 aliphatic carbocycles. The highest BCUT2D eigenvalue weighted by atomic mass is 14.2. The molecule has 0 aliphatic heterocycles. The fraction of sp³-hybridized carbons (Fsp3) is 0.200. The van der Waals surface area contributed by atoms with E-state index in [2.05, 4.69) is 161 Å². The van der Waals surface area contributed by atoms with Crippen LogP contribution in [0.4, 0.5) is 0 Å². The summed E-state index contributed by atoms with van der Waals surface area (Å²) in [6, 6.07) is 43.3. The second kappa shape index (κ2) is 14.8. The van der Waals surface area contributed by atoms with Crippen molar-refractivity contribution in [3.8, 4) is 0 Å². The Balaban J connectivity index is 2.01. The SMILES string of the molecule is CCC(/C(=C/c1ccccc1)c1ccccc1)=C(CC)\C(CC)=C(CC)\C(=C\c1ccccc1)c1ccccc1. The summed E-state index contributed by atoms with van der Waals surface area (Å²) in [5, 5.41) is 0. The number of hydrogen-bond donors (Lipinski definition) is 0. The monoisotopic (exact) mass is 522 g/mol. The van der Waals surface area contributed by atoms with Crippen molar-refractivity contribution in [3.05, 3.63) is 166 Å². The normalized spacial score (nSPS) is 13.5. The number of hydrogen-bond acceptors (Lipinski definition) is 0. The van der Waals surface area contributed by atoms with Gasteiger partial charge in [0.25, 0.3) is 0 Å². The zero-order valence-corrected chi connectivity index (χ0v) is 24.5. The quantitative estimate of drug-likeness (QED) is 0.136. The summed E-state index contributed by atoms with van der Waals surface area (Å²) < 4.78 is 0. The lowest BCUT2D eigenvalue weighted by Gasteiger charge is -2.24. The number of benzene rings is 4. The van der Waals surface area contributed by atoms with E-state index in [1.165, 1.54) is 55.7 Å². The molecule has 0 radical (unpaired) electrons. The molecule has 40 heavy (non-hydrogen) atoms. The van der Waals surface area contributed by atoms with Gasteiger partial charge < -0.3 is 0 Å². The smallest absolute Gasteiger partial charge is 0.0143 e. The van der Waals surface area contributed by atoms with Gasteiger partial charge in [0.2, 0.25) is 0 Å². The predicted molar refractivity (Wildman–Crippen MR) is 177 cm³/mol. The fourth-order valence-electron chi connectivity index (χ4n) is 5.71. The Labute approximate surface area is 242 Å². The minimum absolute atomic E-state index is 0.973. The Morgan fingerprint density at radius 3 is 0.925 bits per heavy atom. The van der Waals surface area contributed by atoms with Gasteiger partial charge in [0.05, 0.1) is 0 Å². The summed E-state index contributed by atoms with van der Waals surface area (Å²) in [7, 11) is 0. The van der Waals surface area contributed by atoms with Gasteiger partial charge in [-0.3, -0.25) is 0 Å². The van der Waals surface area contributed by atoms with Gasteiger partial charge in [0.1, 0.15) is 0 Å². The van der Waals surface area contributed by atoms with Crippen LogP contribution in [0.2, 0.25) is 0 Å². The van der Waals surface area contributed by atoms with Gasteiger partial charge in [-0.2, -0.15) is 0 Å². The standard InChI is InChI=1S/C40H42/c1-5-35(37(7-3)39(33-25-17-11-18-26-33)29-31-21-13-9-14-22-31)36(6-2)38(8-4)40(34-27-19-12-20-28-34)30-32-23-15-10-16-24-32/h9-30H,5-8H2,1-4H3/b37-35+,38-36+,39-29+,40-30+. The van der Waals surface area contributed by atoms with Crippen LogP contribution in [-0.4, -0.2) is 0 Å². The van der Waals surface area contributed by atoms with Crippen molar-refractivity contribution in [1.82, 2.24) is 0 Å². The molecule has 0 nitrogen and oxygen atoms in total. The molecule has 0 heterocycles. The maximum absolute atomic E-state index is 2.38. The molecule has 0 aliphatic rings. The fourth-order valence-corrected chi connectivity index (χ4v) is 5.71. The first-order chi connectivity index (χ1) is 19.7. The van der Waals surface area contributed by atoms with Crippen molar-refractivity contribution in [3.63, 3.8) is 0 Å². The van der Waals surface area contributed by atoms with Crippen molar-refractivity contribution < 1.29 is 0 Å². The highest BCUT2D eigenvalue weighted by Gasteiger charge is 2.19. The number of allylic oxidation sites excluding steroid dienone is 6. The van der Waals surface area contributed by atoms with E-state index in [-0.39, 0.29) is 0 Å². The third kappa shape index (κ3) is 7.07. The molecule has 0 aromatic heterocycles. The molecule has 4 aromatic rings. The molecule has 202 valence electrons. The average Bonchev–Trinajstić information content (AvgIpc) is 3.03. The zero-order valence-electron chi connectivity index (χ0n) is 24.5. The maximum atomic E-state index is 2.38. The van der Waals surface area contributed by atoms with Crippen molar-refractivity contribution in [2.24, 2.45) is 0 Å². The summed E-state index contributed by atoms with van der Waals surface area (Å²) in [6.45, 7) is 9.26. The molecule has 0 saturated heterocycles. The van der Waals surface area contributed by atoms with Crippen LogP contribution < -0.4 is 0 Å². The first kappa shape index (κ1) is 28.8. The van der Waals surface area contributed by atoms with Crippen molar-refractivity contribution >= 4 is 23.3 Å². The van der Waals surface area contributed by atoms with Gasteiger partial charge in [0, 0.05) is 0 Å². The van der Waals surface area contributed by atoms with E-state index in [1.54, 1.807) is 0 Å². The molecule has 0 saturated carbocycles. The van der Waals surface area contributed by atoms with Crippen molar-refractivity contribution in [2.45, 2.75) is 53.4 Å². The molecule has 4 aromatic carbocycles. The van der Waals surface area contributed by atoms with Crippen LogP contribution in [0.15, 0.2) is 144 Å². The van der Waals surface area contributed by atoms with Gasteiger partial charge in [-0.15, -0.1) is 0 Å². The molecule has 0 unspecified atom stereocenters. The lowest BCUT2D eigenvalue weighted by Crippen LogP contribution is -2.03. The van der Waals surface area contributed by atoms with Crippen LogP contribution in [-0.2, 0) is 0 Å². The largest absolute Gasteiger partial charge is 0.0622 e. The predicted octanol–water partition coefficient (Wildman–Crippen LogP) is 11.7. The van der Waals surface area contributed by atoms with Gasteiger partial charge in [-0.25, -0.2) is 0 Å². The Kier molecular flexibility index (Phi) is 10.7. The van der Waals surface area contributed by atoms with Crippen molar-refractivity contribution in [2.75, 3.05) is 0 Å². The molecule has 0 N–H and O–H groups in total. The summed E-state index contributed by atoms with van der Waals surface area (Å²) in [6.07, 6.45) is 8.67. The molecule has 0 fully saturated rings. The van der Waals surface area contributed by atoms with Crippen LogP contribution in [0.1, 0.15) is 75.6 Å². The zero-order chi connectivity index (χ0) is 28.2. The molecule has 0 spiro atoms. The Morgan fingerprint density at radius 1 is 0.375 bits per heavy atom. The molecule has 0 heteroatoms. The second-order valence-corrected chi connectivity index (χ2v) is 10.00. The van der Waals surface area contributed by atoms with Gasteiger partial charge in [0.15, 0.2) is 0 Å². The molecule has 0 amide bonds. The Bertz CT molecular complexity index is 1350. The van der Waals surface area contributed by atoms with Crippen LogP contribution in [0.3, 0.4) is 0 Å². The molecule has 4 rings (SSSR count). The lowest BCUT2D eigenvalue weighted by atomic mass is 9.81. The highest BCUT2D eigenvalue weighted by Crippen LogP contribution is 2.40. The van der Waals surface area contributed by atoms with E-state index >= 15 is 0 Å². The Hall–Kier alpha value is -4.16. The van der Waals surface area contributed by atoms with Crippen LogP contribution in [0, 0.1) is 0 Å². The van der Waals surface area contributed by atoms with E-state index in [1.807, 2.05) is 0 Å². The van der Waals surface area contributed by atoms with Gasteiger partial charge in [-0.05, 0) is 93.5 Å². The van der Waals surface area contributed by atoms with E-state index in [9.17, 15) is 0 Å². The minimum Gasteiger partial charge on any atom is -0.0622 e. The minimum atomic E-state index is 0.973. The van der Waals surface area contributed by atoms with E-state index < -0.39 is 0 Å². The summed E-state index contributed by atoms with van der Waals surface area (Å²) >= 11 is 0. The topological polar surface area (TPSA) is 0 Å². The molecule has 0 atom stereocenters. The Morgan fingerprint density at radius 2 is 0.650 bits per heavy atom. The maximum Gasteiger partial charge on any atom is -0.0143 e. The molecular formula is C40H42. The number of rotatable bonds is 11. The van der Waals surface area contributed by atoms with Crippen LogP contribution in [0.25, 0.3) is 23.3 Å². The van der Waals surface area contributed by atoms with E-state index in [0.29, 0.717) is 0 Å². The molecule has 0 bridgehead atoms.